The molecule has 154 valence electrons. The molecule has 2 N–H and O–H groups in total. The largest absolute Gasteiger partial charge is 0.371 e. The Bertz CT molecular complexity index is 1010. The maximum atomic E-state index is 12.2. The van der Waals surface area contributed by atoms with E-state index in [1.165, 1.54) is 6.42 Å². The van der Waals surface area contributed by atoms with Crippen LogP contribution in [0.25, 0.3) is 11.3 Å². The number of nitrogens with zero attached hydrogens (tertiary/aromatic N) is 2. The van der Waals surface area contributed by atoms with Crippen molar-refractivity contribution in [3.8, 4) is 11.3 Å². The molecule has 2 heterocycles. The monoisotopic (exact) mass is 404 g/mol. The molecule has 1 aliphatic heterocycles. The number of benzene rings is 2. The van der Waals surface area contributed by atoms with E-state index in [0.29, 0.717) is 17.4 Å². The van der Waals surface area contributed by atoms with Crippen LogP contribution in [0, 0.1) is 5.92 Å². The van der Waals surface area contributed by atoms with Crippen LogP contribution in [-0.4, -0.2) is 36.6 Å². The summed E-state index contributed by atoms with van der Waals surface area (Å²) in [4.78, 5) is 26.8. The average Bonchev–Trinajstić information content (AvgIpc) is 3.43. The molecule has 0 radical (unpaired) electrons. The highest BCUT2D eigenvalue weighted by Crippen LogP contribution is 2.24. The lowest BCUT2D eigenvalue weighted by Gasteiger charge is -2.18. The Hall–Kier alpha value is -3.61. The molecule has 1 fully saturated rings. The van der Waals surface area contributed by atoms with Crippen molar-refractivity contribution in [2.24, 2.45) is 5.92 Å². The van der Waals surface area contributed by atoms with Gasteiger partial charge < -0.3 is 20.1 Å². The Balaban J connectivity index is 1.27. The minimum absolute atomic E-state index is 0.130. The highest BCUT2D eigenvalue weighted by Gasteiger charge is 2.19. The Morgan fingerprint density at radius 3 is 2.60 bits per heavy atom. The number of nitrogens with one attached hydrogen (secondary N) is 2. The van der Waals surface area contributed by atoms with Crippen LogP contribution < -0.4 is 15.5 Å². The minimum atomic E-state index is -0.463. The summed E-state index contributed by atoms with van der Waals surface area (Å²) in [5, 5.41) is 9.14. The number of anilines is 2. The number of rotatable bonds is 6. The molecule has 0 saturated carbocycles. The quantitative estimate of drug-likeness (QED) is 0.656. The summed E-state index contributed by atoms with van der Waals surface area (Å²) in [6.45, 7) is 4.22. The van der Waals surface area contributed by atoms with Crippen LogP contribution in [0.5, 0.6) is 0 Å². The molecule has 3 aromatic rings. The number of hydrogen-bond donors (Lipinski definition) is 2. The van der Waals surface area contributed by atoms with Crippen molar-refractivity contribution in [3.63, 3.8) is 0 Å². The van der Waals surface area contributed by atoms with E-state index in [9.17, 15) is 9.59 Å². The first-order valence-corrected chi connectivity index (χ1v) is 10.0. The molecule has 1 aliphatic rings. The van der Waals surface area contributed by atoms with E-state index in [0.717, 1.165) is 24.3 Å². The van der Waals surface area contributed by atoms with E-state index in [1.807, 2.05) is 54.6 Å². The number of aromatic nitrogens is 1. The fourth-order valence-corrected chi connectivity index (χ4v) is 3.50. The molecular weight excluding hydrogens is 380 g/mol. The molecular formula is C23H24N4O3. The van der Waals surface area contributed by atoms with Crippen LogP contribution in [-0.2, 0) is 4.79 Å². The number of carbonyl (C=O) groups is 2. The van der Waals surface area contributed by atoms with Crippen molar-refractivity contribution in [2.75, 3.05) is 29.9 Å². The molecule has 2 amide bonds. The van der Waals surface area contributed by atoms with Gasteiger partial charge in [-0.2, -0.15) is 0 Å². The van der Waals surface area contributed by atoms with Gasteiger partial charge in [0.15, 0.2) is 11.5 Å². The number of hydrogen-bond acceptors (Lipinski definition) is 5. The van der Waals surface area contributed by atoms with Crippen molar-refractivity contribution in [1.29, 1.82) is 0 Å². The topological polar surface area (TPSA) is 87.5 Å². The van der Waals surface area contributed by atoms with E-state index >= 15 is 0 Å². The van der Waals surface area contributed by atoms with Gasteiger partial charge in [0.1, 0.15) is 0 Å². The second-order valence-corrected chi connectivity index (χ2v) is 7.56. The van der Waals surface area contributed by atoms with Crippen molar-refractivity contribution < 1.29 is 14.1 Å². The molecule has 30 heavy (non-hydrogen) atoms. The first-order chi connectivity index (χ1) is 14.6. The SMILES string of the molecule is CC1CCN(c2ccc(NC(=O)CNC(=O)c3cc(-c4ccccc4)on3)cc2)C1. The average molecular weight is 404 g/mol. The molecule has 0 spiro atoms. The third-order valence-corrected chi connectivity index (χ3v) is 5.15. The molecule has 2 aromatic carbocycles. The lowest BCUT2D eigenvalue weighted by molar-refractivity contribution is -0.115. The van der Waals surface area contributed by atoms with Gasteiger partial charge in [-0.05, 0) is 36.6 Å². The van der Waals surface area contributed by atoms with Crippen LogP contribution in [0.4, 0.5) is 11.4 Å². The standard InChI is InChI=1S/C23H24N4O3/c1-16-11-12-27(15-16)19-9-7-18(8-10-19)25-22(28)14-24-23(29)20-13-21(30-26-20)17-5-3-2-4-6-17/h2-10,13,16H,11-12,14-15H2,1H3,(H,24,29)(H,25,28). The molecule has 7 heteroatoms. The molecule has 1 aromatic heterocycles. The molecule has 1 unspecified atom stereocenters. The predicted octanol–water partition coefficient (Wildman–Crippen LogP) is 3.56. The van der Waals surface area contributed by atoms with Crippen molar-refractivity contribution in [1.82, 2.24) is 10.5 Å². The van der Waals surface area contributed by atoms with Gasteiger partial charge in [-0.1, -0.05) is 42.4 Å². The summed E-state index contributed by atoms with van der Waals surface area (Å²) in [6, 6.07) is 18.7. The van der Waals surface area contributed by atoms with Crippen molar-refractivity contribution >= 4 is 23.2 Å². The second kappa shape index (κ2) is 8.82. The molecule has 1 saturated heterocycles. The third kappa shape index (κ3) is 4.68. The highest BCUT2D eigenvalue weighted by molar-refractivity contribution is 5.98. The zero-order valence-corrected chi connectivity index (χ0v) is 16.8. The van der Waals surface area contributed by atoms with Gasteiger partial charge in [0.25, 0.3) is 5.91 Å². The lowest BCUT2D eigenvalue weighted by atomic mass is 10.1. The Morgan fingerprint density at radius 1 is 1.13 bits per heavy atom. The van der Waals surface area contributed by atoms with Crippen LogP contribution in [0.15, 0.2) is 65.2 Å². The summed E-state index contributed by atoms with van der Waals surface area (Å²) in [7, 11) is 0. The molecule has 4 rings (SSSR count). The molecule has 1 atom stereocenters. The van der Waals surface area contributed by atoms with Crippen LogP contribution >= 0.6 is 0 Å². The molecule has 0 aliphatic carbocycles. The summed E-state index contributed by atoms with van der Waals surface area (Å²) in [5.74, 6) is 0.437. The lowest BCUT2D eigenvalue weighted by Crippen LogP contribution is -2.33. The Morgan fingerprint density at radius 2 is 1.90 bits per heavy atom. The second-order valence-electron chi connectivity index (χ2n) is 7.56. The van der Waals surface area contributed by atoms with Crippen molar-refractivity contribution in [3.05, 3.63) is 66.4 Å². The predicted molar refractivity (Wildman–Crippen MR) is 115 cm³/mol. The number of carbonyl (C=O) groups excluding carboxylic acids is 2. The van der Waals surface area contributed by atoms with Crippen LogP contribution in [0.3, 0.4) is 0 Å². The first kappa shape index (κ1) is 19.7. The highest BCUT2D eigenvalue weighted by atomic mass is 16.5. The Labute approximate surface area is 175 Å². The van der Waals surface area contributed by atoms with Gasteiger partial charge in [-0.3, -0.25) is 9.59 Å². The van der Waals surface area contributed by atoms with E-state index in [2.05, 4.69) is 27.6 Å². The van der Waals surface area contributed by atoms with Gasteiger partial charge >= 0.3 is 0 Å². The van der Waals surface area contributed by atoms with Crippen molar-refractivity contribution in [2.45, 2.75) is 13.3 Å². The van der Waals surface area contributed by atoms with Gasteiger partial charge in [0.05, 0.1) is 6.54 Å². The first-order valence-electron chi connectivity index (χ1n) is 10.0. The van der Waals surface area contributed by atoms with Gasteiger partial charge in [-0.25, -0.2) is 0 Å². The van der Waals surface area contributed by atoms with Crippen LogP contribution in [0.1, 0.15) is 23.8 Å². The normalized spacial score (nSPS) is 15.8. The fourth-order valence-electron chi connectivity index (χ4n) is 3.50. The van der Waals surface area contributed by atoms with E-state index in [4.69, 9.17) is 4.52 Å². The number of amides is 2. The summed E-state index contributed by atoms with van der Waals surface area (Å²) in [5.41, 5.74) is 2.81. The minimum Gasteiger partial charge on any atom is -0.371 e. The maximum absolute atomic E-state index is 12.2. The summed E-state index contributed by atoms with van der Waals surface area (Å²) >= 11 is 0. The zero-order valence-electron chi connectivity index (χ0n) is 16.8. The fraction of sp³-hybridized carbons (Fsp3) is 0.261. The van der Waals surface area contributed by atoms with Crippen LogP contribution in [0.2, 0.25) is 0 Å². The van der Waals surface area contributed by atoms with Gasteiger partial charge in [-0.15, -0.1) is 0 Å². The van der Waals surface area contributed by atoms with Gasteiger partial charge in [0.2, 0.25) is 5.91 Å². The maximum Gasteiger partial charge on any atom is 0.273 e. The Kier molecular flexibility index (Phi) is 5.79. The van der Waals surface area contributed by atoms with E-state index < -0.39 is 5.91 Å². The summed E-state index contributed by atoms with van der Waals surface area (Å²) < 4.78 is 5.22. The third-order valence-electron chi connectivity index (χ3n) is 5.15. The zero-order chi connectivity index (χ0) is 20.9. The molecule has 7 nitrogen and oxygen atoms in total. The smallest absolute Gasteiger partial charge is 0.273 e. The summed E-state index contributed by atoms with van der Waals surface area (Å²) in [6.07, 6.45) is 1.20. The van der Waals surface area contributed by atoms with E-state index in [-0.39, 0.29) is 18.1 Å². The van der Waals surface area contributed by atoms with E-state index in [1.54, 1.807) is 6.07 Å². The molecule has 0 bridgehead atoms. The van der Waals surface area contributed by atoms with Gasteiger partial charge in [0, 0.05) is 36.1 Å².